The molecule has 0 aromatic heterocycles. The van der Waals surface area contributed by atoms with Gasteiger partial charge in [-0.05, 0) is 122 Å². The third kappa shape index (κ3) is 72.3. The molecule has 100 heavy (non-hydrogen) atoms. The van der Waals surface area contributed by atoms with Crippen LogP contribution in [0.2, 0.25) is 0 Å². The van der Waals surface area contributed by atoms with Crippen molar-refractivity contribution in [3.8, 4) is 0 Å². The number of ether oxygens (including phenoxy) is 4. The normalized spacial score (nSPS) is 14.4. The van der Waals surface area contributed by atoms with Crippen molar-refractivity contribution in [1.82, 2.24) is 0 Å². The molecule has 0 spiro atoms. The number of rotatable bonds is 74. The van der Waals surface area contributed by atoms with E-state index in [0.29, 0.717) is 25.7 Å². The van der Waals surface area contributed by atoms with Crippen LogP contribution in [0.15, 0.2) is 97.2 Å². The molecule has 5 atom stereocenters. The van der Waals surface area contributed by atoms with Crippen molar-refractivity contribution in [2.24, 2.45) is 0 Å². The Kier molecular flexibility index (Phi) is 70.4. The first kappa shape index (κ1) is 96.0. The summed E-state index contributed by atoms with van der Waals surface area (Å²) in [7, 11) is -9.96. The predicted octanol–water partition coefficient (Wildman–Crippen LogP) is 22.8. The summed E-state index contributed by atoms with van der Waals surface area (Å²) in [6.45, 7) is 4.62. The van der Waals surface area contributed by atoms with E-state index in [2.05, 4.69) is 125 Å². The Morgan fingerprint density at radius 2 is 0.520 bits per heavy atom. The van der Waals surface area contributed by atoms with E-state index in [0.717, 1.165) is 161 Å². The van der Waals surface area contributed by atoms with Crippen LogP contribution >= 0.6 is 15.6 Å². The van der Waals surface area contributed by atoms with Crippen LogP contribution in [0.25, 0.3) is 0 Å². The van der Waals surface area contributed by atoms with Gasteiger partial charge in [-0.2, -0.15) is 0 Å². The number of phosphoric acid groups is 2. The zero-order valence-corrected chi connectivity index (χ0v) is 64.9. The van der Waals surface area contributed by atoms with Crippen LogP contribution in [0.1, 0.15) is 336 Å². The van der Waals surface area contributed by atoms with E-state index < -0.39 is 97.5 Å². The first-order valence-corrected chi connectivity index (χ1v) is 42.5. The van der Waals surface area contributed by atoms with Gasteiger partial charge in [-0.25, -0.2) is 9.13 Å². The third-order valence-electron chi connectivity index (χ3n) is 16.5. The van der Waals surface area contributed by atoms with E-state index in [1.54, 1.807) is 0 Å². The number of carbonyl (C=O) groups is 4. The Bertz CT molecular complexity index is 2270. The molecule has 17 nitrogen and oxygen atoms in total. The van der Waals surface area contributed by atoms with E-state index >= 15 is 0 Å². The maximum atomic E-state index is 13.1. The molecular formula is C81H142O17P2. The highest BCUT2D eigenvalue weighted by Crippen LogP contribution is 2.45. The van der Waals surface area contributed by atoms with Crippen LogP contribution in [-0.4, -0.2) is 96.7 Å². The number of unbranched alkanes of at least 4 members (excludes halogenated alkanes) is 32. The van der Waals surface area contributed by atoms with Gasteiger partial charge >= 0.3 is 39.5 Å². The average Bonchev–Trinajstić information content (AvgIpc) is 1.06. The number of hydrogen-bond acceptors (Lipinski definition) is 15. The van der Waals surface area contributed by atoms with Gasteiger partial charge in [-0.1, -0.05) is 285 Å². The topological polar surface area (TPSA) is 237 Å². The molecule has 0 aliphatic carbocycles. The Morgan fingerprint density at radius 1 is 0.290 bits per heavy atom. The minimum atomic E-state index is -4.98. The van der Waals surface area contributed by atoms with Gasteiger partial charge < -0.3 is 33.8 Å². The van der Waals surface area contributed by atoms with E-state index in [9.17, 15) is 43.2 Å². The first-order chi connectivity index (χ1) is 48.7. The monoisotopic (exact) mass is 1450 g/mol. The first-order valence-electron chi connectivity index (χ1n) is 39.5. The molecule has 3 N–H and O–H groups in total. The van der Waals surface area contributed by atoms with Crippen LogP contribution in [-0.2, 0) is 65.4 Å². The second-order valence-corrected chi connectivity index (χ2v) is 29.2. The zero-order chi connectivity index (χ0) is 73.2. The van der Waals surface area contributed by atoms with E-state index in [-0.39, 0.29) is 25.7 Å². The molecule has 0 aromatic rings. The molecule has 19 heteroatoms. The van der Waals surface area contributed by atoms with Crippen molar-refractivity contribution in [3.05, 3.63) is 97.2 Å². The number of esters is 4. The van der Waals surface area contributed by atoms with Gasteiger partial charge in [-0.3, -0.25) is 37.3 Å². The standard InChI is InChI=1S/C81H142O17P2/c1-5-9-13-17-21-25-29-33-36-37-40-43-46-50-54-58-62-66-79(84)92-72-77(98-81(86)68-64-60-56-52-48-44-39-35-31-27-23-19-15-11-7-3)74-96-100(89,90)94-70-75(82)69-93-99(87,88)95-73-76(97-80(85)67-63-59-55-51-47-41-32-28-24-20-16-12-8-4)71-91-78(83)65-61-57-53-49-45-42-38-34-30-26-22-18-14-10-6-2/h9,11,13,15,21,23,25,27-28,32-33,35-36,39-40,43,75-77,82H,5-8,10,12,14,16-20,22,24,26,29-31,34,37-38,41-42,44-74H2,1-4H3,(H,87,88)(H,89,90)/b13-9-,15-11-,25-21-,27-23-,32-28-,36-33-,39-35-,43-40-. The van der Waals surface area contributed by atoms with Crippen molar-refractivity contribution in [2.45, 2.75) is 354 Å². The fraction of sp³-hybridized carbons (Fsp3) is 0.753. The maximum absolute atomic E-state index is 13.1. The summed E-state index contributed by atoms with van der Waals surface area (Å²) in [6.07, 6.45) is 76.7. The largest absolute Gasteiger partial charge is 0.472 e. The average molecular weight is 1450 g/mol. The summed E-state index contributed by atoms with van der Waals surface area (Å²) < 4.78 is 68.5. The fourth-order valence-corrected chi connectivity index (χ4v) is 12.2. The molecule has 0 radical (unpaired) electrons. The van der Waals surface area contributed by atoms with Crippen LogP contribution in [0.5, 0.6) is 0 Å². The molecule has 0 saturated carbocycles. The van der Waals surface area contributed by atoms with Crippen LogP contribution in [0.4, 0.5) is 0 Å². The van der Waals surface area contributed by atoms with Crippen molar-refractivity contribution in [2.75, 3.05) is 39.6 Å². The maximum Gasteiger partial charge on any atom is 0.472 e. The zero-order valence-electron chi connectivity index (χ0n) is 63.1. The summed E-state index contributed by atoms with van der Waals surface area (Å²) in [5, 5.41) is 10.6. The molecule has 5 unspecified atom stereocenters. The highest BCUT2D eigenvalue weighted by Gasteiger charge is 2.30. The van der Waals surface area contributed by atoms with Gasteiger partial charge in [-0.15, -0.1) is 0 Å². The number of hydrogen-bond donors (Lipinski definition) is 3. The number of aliphatic hydroxyl groups excluding tert-OH is 1. The van der Waals surface area contributed by atoms with Gasteiger partial charge in [0, 0.05) is 25.7 Å². The van der Waals surface area contributed by atoms with Crippen molar-refractivity contribution >= 4 is 39.5 Å². The Hall–Kier alpha value is -4.02. The van der Waals surface area contributed by atoms with Crippen LogP contribution in [0, 0.1) is 0 Å². The summed E-state index contributed by atoms with van der Waals surface area (Å²) in [4.78, 5) is 72.9. The fourth-order valence-electron chi connectivity index (χ4n) is 10.6. The molecule has 0 heterocycles. The Balaban J connectivity index is 5.37. The van der Waals surface area contributed by atoms with Crippen molar-refractivity contribution in [1.29, 1.82) is 0 Å². The third-order valence-corrected chi connectivity index (χ3v) is 18.4. The lowest BCUT2D eigenvalue weighted by atomic mass is 10.0. The lowest BCUT2D eigenvalue weighted by molar-refractivity contribution is -0.161. The van der Waals surface area contributed by atoms with Crippen molar-refractivity contribution in [3.63, 3.8) is 0 Å². The Labute approximate surface area is 607 Å². The highest BCUT2D eigenvalue weighted by molar-refractivity contribution is 7.47. The van der Waals surface area contributed by atoms with Gasteiger partial charge in [0.2, 0.25) is 0 Å². The van der Waals surface area contributed by atoms with Gasteiger partial charge in [0.1, 0.15) is 19.3 Å². The van der Waals surface area contributed by atoms with Crippen molar-refractivity contribution < 1.29 is 80.2 Å². The van der Waals surface area contributed by atoms with Gasteiger partial charge in [0.25, 0.3) is 0 Å². The molecule has 0 rings (SSSR count). The van der Waals surface area contributed by atoms with E-state index in [1.807, 2.05) is 0 Å². The molecule has 578 valence electrons. The van der Waals surface area contributed by atoms with Gasteiger partial charge in [0.15, 0.2) is 12.2 Å². The summed E-state index contributed by atoms with van der Waals surface area (Å²) in [5.41, 5.74) is 0. The smallest absolute Gasteiger partial charge is 0.462 e. The molecular weight excluding hydrogens is 1310 g/mol. The molecule has 0 aliphatic rings. The molecule has 0 fully saturated rings. The molecule has 0 saturated heterocycles. The SMILES string of the molecule is CC/C=C\C/C=C\C/C=C\C/C=C\CCCCCCC(=O)OCC(COP(=O)(O)OCC(O)COP(=O)(O)OCC(COC(=O)CCCCCCCCCCCCCCCCC)OC(=O)CCCCCCC/C=C\CCCCCC)OC(=O)CCCCCCC/C=C\C/C=C\C/C=C\CC. The summed E-state index contributed by atoms with van der Waals surface area (Å²) in [5.74, 6) is -2.21. The lowest BCUT2D eigenvalue weighted by Crippen LogP contribution is -2.30. The summed E-state index contributed by atoms with van der Waals surface area (Å²) in [6, 6.07) is 0. The molecule has 0 bridgehead atoms. The minimum Gasteiger partial charge on any atom is -0.462 e. The number of aliphatic hydroxyl groups is 1. The minimum absolute atomic E-state index is 0.0694. The van der Waals surface area contributed by atoms with Crippen LogP contribution in [0.3, 0.4) is 0 Å². The predicted molar refractivity (Wildman–Crippen MR) is 409 cm³/mol. The van der Waals surface area contributed by atoms with Crippen LogP contribution < -0.4 is 0 Å². The second kappa shape index (κ2) is 73.3. The van der Waals surface area contributed by atoms with E-state index in [1.165, 1.54) is 96.3 Å². The number of phosphoric ester groups is 2. The quantitative estimate of drug-likeness (QED) is 0.0169. The molecule has 0 amide bonds. The number of carbonyl (C=O) groups excluding carboxylic acids is 4. The number of allylic oxidation sites excluding steroid dienone is 16. The highest BCUT2D eigenvalue weighted by atomic mass is 31.2. The summed E-state index contributed by atoms with van der Waals surface area (Å²) >= 11 is 0. The molecule has 0 aliphatic heterocycles. The van der Waals surface area contributed by atoms with E-state index in [4.69, 9.17) is 37.0 Å². The second-order valence-electron chi connectivity index (χ2n) is 26.2. The molecule has 0 aromatic carbocycles. The Morgan fingerprint density at radius 3 is 0.820 bits per heavy atom. The lowest BCUT2D eigenvalue weighted by Gasteiger charge is -2.21. The van der Waals surface area contributed by atoms with Gasteiger partial charge in [0.05, 0.1) is 26.4 Å².